The van der Waals surface area contributed by atoms with E-state index in [1.54, 1.807) is 18.2 Å². The summed E-state index contributed by atoms with van der Waals surface area (Å²) in [7, 11) is 0. The lowest BCUT2D eigenvalue weighted by molar-refractivity contribution is 0.0955. The molecule has 0 aliphatic heterocycles. The second-order valence-corrected chi connectivity index (χ2v) is 2.47. The van der Waals surface area contributed by atoms with Crippen molar-refractivity contribution in [3.63, 3.8) is 0 Å². The van der Waals surface area contributed by atoms with E-state index < -0.39 is 0 Å². The van der Waals surface area contributed by atoms with Crippen LogP contribution in [0.2, 0.25) is 0 Å². The molecule has 1 amide bonds. The van der Waals surface area contributed by atoms with Crippen LogP contribution in [0.5, 0.6) is 0 Å². The first-order valence-electron chi connectivity index (χ1n) is 3.63. The Bertz CT molecular complexity index is 449. The molecule has 1 heterocycles. The molecule has 0 atom stereocenters. The Morgan fingerprint density at radius 1 is 1.46 bits per heavy atom. The Labute approximate surface area is 73.1 Å². The second-order valence-electron chi connectivity index (χ2n) is 2.47. The molecule has 4 N–H and O–H groups in total. The molecule has 6 nitrogen and oxygen atoms in total. The van der Waals surface area contributed by atoms with Crippen molar-refractivity contribution < 1.29 is 4.79 Å². The molecule has 1 aromatic carbocycles. The lowest BCUT2D eigenvalue weighted by Gasteiger charge is -1.97. The van der Waals surface area contributed by atoms with Crippen molar-refractivity contribution in [3.05, 3.63) is 23.8 Å². The first kappa shape index (κ1) is 7.69. The number of nitrogen functional groups attached to an aromatic ring is 1. The van der Waals surface area contributed by atoms with E-state index in [0.717, 1.165) is 0 Å². The van der Waals surface area contributed by atoms with Crippen molar-refractivity contribution in [3.8, 4) is 0 Å². The van der Waals surface area contributed by atoms with Gasteiger partial charge in [-0.3, -0.25) is 10.2 Å². The van der Waals surface area contributed by atoms with Crippen LogP contribution in [0.15, 0.2) is 18.2 Å². The molecular formula is C7H7N5O. The second kappa shape index (κ2) is 2.83. The van der Waals surface area contributed by atoms with Gasteiger partial charge in [0, 0.05) is 0 Å². The van der Waals surface area contributed by atoms with Crippen LogP contribution in [0.3, 0.4) is 0 Å². The number of rotatable bonds is 1. The van der Waals surface area contributed by atoms with E-state index in [1.807, 2.05) is 5.43 Å². The van der Waals surface area contributed by atoms with E-state index in [0.29, 0.717) is 16.6 Å². The smallest absolute Gasteiger partial charge is 0.267 e. The van der Waals surface area contributed by atoms with Crippen molar-refractivity contribution >= 4 is 16.9 Å². The number of hydrogen-bond acceptors (Lipinski definition) is 4. The number of nitrogens with zero attached hydrogens (tertiary/aromatic N) is 2. The van der Waals surface area contributed by atoms with Crippen LogP contribution in [0.25, 0.3) is 11.0 Å². The minimum atomic E-state index is -0.375. The van der Waals surface area contributed by atoms with Gasteiger partial charge in [-0.05, 0) is 12.1 Å². The third-order valence-corrected chi connectivity index (χ3v) is 1.72. The van der Waals surface area contributed by atoms with Gasteiger partial charge in [0.2, 0.25) is 0 Å². The topological polar surface area (TPSA) is 96.7 Å². The average Bonchev–Trinajstić information content (AvgIpc) is 2.63. The van der Waals surface area contributed by atoms with Crippen LogP contribution in [-0.2, 0) is 0 Å². The molecule has 1 aromatic heterocycles. The van der Waals surface area contributed by atoms with Crippen LogP contribution in [0, 0.1) is 0 Å². The molecule has 0 radical (unpaired) electrons. The summed E-state index contributed by atoms with van der Waals surface area (Å²) in [4.78, 5) is 11.2. The van der Waals surface area contributed by atoms with E-state index in [4.69, 9.17) is 5.84 Å². The molecule has 0 aliphatic rings. The van der Waals surface area contributed by atoms with Gasteiger partial charge < -0.3 is 0 Å². The average molecular weight is 177 g/mol. The van der Waals surface area contributed by atoms with Crippen LogP contribution in [0.4, 0.5) is 0 Å². The fraction of sp³-hybridized carbons (Fsp3) is 0. The van der Waals surface area contributed by atoms with E-state index in [-0.39, 0.29) is 5.91 Å². The summed E-state index contributed by atoms with van der Waals surface area (Å²) in [5.41, 5.74) is 3.61. The SMILES string of the molecule is NNC(=O)c1cccc2n[nH]nc12. The normalized spacial score (nSPS) is 10.2. The van der Waals surface area contributed by atoms with Gasteiger partial charge in [0.05, 0.1) is 5.56 Å². The molecule has 66 valence electrons. The predicted molar refractivity (Wildman–Crippen MR) is 45.5 cm³/mol. The monoisotopic (exact) mass is 177 g/mol. The maximum absolute atomic E-state index is 11.2. The lowest BCUT2D eigenvalue weighted by atomic mass is 10.2. The lowest BCUT2D eigenvalue weighted by Crippen LogP contribution is -2.30. The zero-order chi connectivity index (χ0) is 9.26. The maximum Gasteiger partial charge on any atom is 0.267 e. The molecule has 0 saturated heterocycles. The quantitative estimate of drug-likeness (QED) is 0.312. The van der Waals surface area contributed by atoms with Crippen LogP contribution in [0.1, 0.15) is 10.4 Å². The molecule has 13 heavy (non-hydrogen) atoms. The number of carbonyl (C=O) groups excluding carboxylic acids is 1. The third kappa shape index (κ3) is 1.13. The zero-order valence-corrected chi connectivity index (χ0v) is 6.61. The molecule has 0 aliphatic carbocycles. The molecule has 0 saturated carbocycles. The zero-order valence-electron chi connectivity index (χ0n) is 6.61. The first-order valence-corrected chi connectivity index (χ1v) is 3.63. The minimum absolute atomic E-state index is 0.375. The Balaban J connectivity index is 2.67. The molecule has 0 fully saturated rings. The van der Waals surface area contributed by atoms with Gasteiger partial charge in [-0.25, -0.2) is 5.84 Å². The van der Waals surface area contributed by atoms with Crippen molar-refractivity contribution in [2.75, 3.05) is 0 Å². The number of aromatic amines is 1. The summed E-state index contributed by atoms with van der Waals surface area (Å²) < 4.78 is 0. The number of hydrazine groups is 1. The summed E-state index contributed by atoms with van der Waals surface area (Å²) >= 11 is 0. The molecule has 0 spiro atoms. The molecule has 2 rings (SSSR count). The van der Waals surface area contributed by atoms with E-state index in [9.17, 15) is 4.79 Å². The van der Waals surface area contributed by atoms with E-state index in [1.165, 1.54) is 0 Å². The fourth-order valence-electron chi connectivity index (χ4n) is 1.13. The van der Waals surface area contributed by atoms with Crippen LogP contribution in [-0.4, -0.2) is 21.3 Å². The minimum Gasteiger partial charge on any atom is -0.290 e. The summed E-state index contributed by atoms with van der Waals surface area (Å²) in [6.07, 6.45) is 0. The highest BCUT2D eigenvalue weighted by atomic mass is 16.2. The van der Waals surface area contributed by atoms with E-state index in [2.05, 4.69) is 15.4 Å². The summed E-state index contributed by atoms with van der Waals surface area (Å²) in [5, 5.41) is 10.1. The molecular weight excluding hydrogens is 170 g/mol. The van der Waals surface area contributed by atoms with Gasteiger partial charge in [-0.15, -0.1) is 0 Å². The number of para-hydroxylation sites is 1. The third-order valence-electron chi connectivity index (χ3n) is 1.72. The van der Waals surface area contributed by atoms with Crippen molar-refractivity contribution in [1.82, 2.24) is 20.8 Å². The van der Waals surface area contributed by atoms with E-state index >= 15 is 0 Å². The summed E-state index contributed by atoms with van der Waals surface area (Å²) in [5.74, 6) is 4.63. The number of nitrogens with one attached hydrogen (secondary N) is 2. The summed E-state index contributed by atoms with van der Waals surface area (Å²) in [6.45, 7) is 0. The van der Waals surface area contributed by atoms with Gasteiger partial charge in [0.1, 0.15) is 11.0 Å². The fourth-order valence-corrected chi connectivity index (χ4v) is 1.13. The van der Waals surface area contributed by atoms with Crippen molar-refractivity contribution in [2.45, 2.75) is 0 Å². The number of aromatic nitrogens is 3. The maximum atomic E-state index is 11.2. The highest BCUT2D eigenvalue weighted by Crippen LogP contribution is 2.12. The number of H-pyrrole nitrogens is 1. The number of carbonyl (C=O) groups is 1. The molecule has 2 aromatic rings. The predicted octanol–water partition coefficient (Wildman–Crippen LogP) is -0.439. The standard InChI is InChI=1S/C7H7N5O/c8-9-7(13)4-2-1-3-5-6(4)11-12-10-5/h1-3H,8H2,(H,9,13)(H,10,11,12). The summed E-state index contributed by atoms with van der Waals surface area (Å²) in [6, 6.07) is 5.11. The van der Waals surface area contributed by atoms with Gasteiger partial charge in [0.25, 0.3) is 5.91 Å². The Morgan fingerprint density at radius 2 is 2.31 bits per heavy atom. The number of hydrogen-bond donors (Lipinski definition) is 3. The van der Waals surface area contributed by atoms with Gasteiger partial charge >= 0.3 is 0 Å². The number of nitrogens with two attached hydrogens (primary N) is 1. The molecule has 0 unspecified atom stereocenters. The van der Waals surface area contributed by atoms with Crippen LogP contribution >= 0.6 is 0 Å². The van der Waals surface area contributed by atoms with Gasteiger partial charge in [-0.1, -0.05) is 6.07 Å². The highest BCUT2D eigenvalue weighted by molar-refractivity contribution is 6.04. The van der Waals surface area contributed by atoms with Crippen LogP contribution < -0.4 is 11.3 Å². The Morgan fingerprint density at radius 3 is 3.08 bits per heavy atom. The Kier molecular flexibility index (Phi) is 1.67. The highest BCUT2D eigenvalue weighted by Gasteiger charge is 2.10. The number of amides is 1. The van der Waals surface area contributed by atoms with Crippen molar-refractivity contribution in [1.29, 1.82) is 0 Å². The van der Waals surface area contributed by atoms with Gasteiger partial charge in [-0.2, -0.15) is 15.4 Å². The first-order chi connectivity index (χ1) is 6.33. The molecule has 0 bridgehead atoms. The Hall–Kier alpha value is -1.95. The number of benzene rings is 1. The van der Waals surface area contributed by atoms with Gasteiger partial charge in [0.15, 0.2) is 0 Å². The molecule has 6 heteroatoms. The largest absolute Gasteiger partial charge is 0.290 e. The number of fused-ring (bicyclic) bond motifs is 1. The van der Waals surface area contributed by atoms with Crippen molar-refractivity contribution in [2.24, 2.45) is 5.84 Å².